The summed E-state index contributed by atoms with van der Waals surface area (Å²) in [7, 11) is 1.88. The van der Waals surface area contributed by atoms with Crippen molar-refractivity contribution in [1.29, 1.82) is 0 Å². The highest BCUT2D eigenvalue weighted by Gasteiger charge is 2.25. The summed E-state index contributed by atoms with van der Waals surface area (Å²) in [6.45, 7) is 2.38. The fourth-order valence-electron chi connectivity index (χ4n) is 5.32. The number of benzene rings is 1. The van der Waals surface area contributed by atoms with E-state index in [9.17, 15) is 13.6 Å². The van der Waals surface area contributed by atoms with Crippen molar-refractivity contribution in [2.45, 2.75) is 57.4 Å². The van der Waals surface area contributed by atoms with Gasteiger partial charge in [-0.15, -0.1) is 0 Å². The average Bonchev–Trinajstić information content (AvgIpc) is 3.38. The van der Waals surface area contributed by atoms with Gasteiger partial charge in [-0.25, -0.2) is 13.8 Å². The third kappa shape index (κ3) is 6.21. The Kier molecular flexibility index (Phi) is 7.81. The first kappa shape index (κ1) is 25.1. The number of aromatic nitrogens is 3. The largest absolute Gasteiger partial charge is 0.464 e. The molecule has 1 N–H and O–H groups in total. The Hall–Kier alpha value is -2.59. The summed E-state index contributed by atoms with van der Waals surface area (Å²) in [4.78, 5) is 20.9. The second-order valence-electron chi connectivity index (χ2n) is 9.95. The SMILES string of the molecule is Cn1cc2ccc(C(=O)NC3CCC(CCN4CCc5nc(OCC(F)F)sc5CC4)CC3)cc2n1. The second kappa shape index (κ2) is 11.2. The molecule has 0 spiro atoms. The van der Waals surface area contributed by atoms with E-state index in [0.717, 1.165) is 74.8 Å². The zero-order valence-corrected chi connectivity index (χ0v) is 21.4. The molecule has 1 aliphatic heterocycles. The van der Waals surface area contributed by atoms with Gasteiger partial charge in [0, 0.05) is 54.6 Å². The van der Waals surface area contributed by atoms with Crippen LogP contribution in [0.15, 0.2) is 24.4 Å². The topological polar surface area (TPSA) is 72.3 Å². The van der Waals surface area contributed by atoms with Crippen LogP contribution >= 0.6 is 11.3 Å². The molecule has 2 aliphatic rings. The lowest BCUT2D eigenvalue weighted by molar-refractivity contribution is 0.0816. The lowest BCUT2D eigenvalue weighted by Crippen LogP contribution is -2.38. The van der Waals surface area contributed by atoms with Gasteiger partial charge in [-0.1, -0.05) is 17.4 Å². The fraction of sp³-hybridized carbons (Fsp3) is 0.577. The van der Waals surface area contributed by atoms with Crippen LogP contribution in [0.3, 0.4) is 0 Å². The molecule has 1 aromatic carbocycles. The van der Waals surface area contributed by atoms with Crippen LogP contribution in [0.5, 0.6) is 5.19 Å². The second-order valence-corrected chi connectivity index (χ2v) is 11.0. The minimum absolute atomic E-state index is 0.0144. The third-order valence-corrected chi connectivity index (χ3v) is 8.40. The minimum Gasteiger partial charge on any atom is -0.464 e. The molecule has 1 saturated carbocycles. The lowest BCUT2D eigenvalue weighted by atomic mass is 9.84. The molecule has 0 radical (unpaired) electrons. The molecule has 2 aromatic heterocycles. The van der Waals surface area contributed by atoms with E-state index in [0.29, 0.717) is 16.7 Å². The number of aryl methyl sites for hydroxylation is 1. The molecule has 194 valence electrons. The lowest BCUT2D eigenvalue weighted by Gasteiger charge is -2.30. The molecule has 36 heavy (non-hydrogen) atoms. The van der Waals surface area contributed by atoms with Crippen LogP contribution in [0.1, 0.15) is 53.0 Å². The fourth-order valence-corrected chi connectivity index (χ4v) is 6.27. The summed E-state index contributed by atoms with van der Waals surface area (Å²) in [6.07, 6.45) is 6.69. The maximum absolute atomic E-state index is 12.8. The van der Waals surface area contributed by atoms with E-state index in [1.54, 1.807) is 4.68 Å². The Bertz CT molecular complexity index is 1160. The zero-order chi connectivity index (χ0) is 25.1. The number of ether oxygens (including phenoxy) is 1. The van der Waals surface area contributed by atoms with E-state index in [1.807, 2.05) is 31.4 Å². The van der Waals surface area contributed by atoms with Crippen LogP contribution in [0.25, 0.3) is 10.9 Å². The quantitative estimate of drug-likeness (QED) is 0.478. The molecule has 0 bridgehead atoms. The van der Waals surface area contributed by atoms with Crippen LogP contribution in [-0.2, 0) is 19.9 Å². The number of hydrogen-bond acceptors (Lipinski definition) is 6. The van der Waals surface area contributed by atoms with Crippen LogP contribution in [0, 0.1) is 5.92 Å². The molecule has 1 fully saturated rings. The normalized spacial score (nSPS) is 20.9. The highest BCUT2D eigenvalue weighted by molar-refractivity contribution is 7.13. The number of alkyl halides is 2. The van der Waals surface area contributed by atoms with Gasteiger partial charge >= 0.3 is 0 Å². The van der Waals surface area contributed by atoms with Crippen molar-refractivity contribution in [3.63, 3.8) is 0 Å². The number of thiazole rings is 1. The Morgan fingerprint density at radius 3 is 2.83 bits per heavy atom. The van der Waals surface area contributed by atoms with Gasteiger partial charge in [-0.3, -0.25) is 9.48 Å². The molecule has 0 unspecified atom stereocenters. The number of hydrogen-bond donors (Lipinski definition) is 1. The van der Waals surface area contributed by atoms with Gasteiger partial charge < -0.3 is 15.0 Å². The molecule has 1 amide bonds. The van der Waals surface area contributed by atoms with E-state index in [-0.39, 0.29) is 11.9 Å². The van der Waals surface area contributed by atoms with Gasteiger partial charge in [-0.05, 0) is 63.1 Å². The van der Waals surface area contributed by atoms with Crippen molar-refractivity contribution in [3.05, 3.63) is 40.5 Å². The average molecular weight is 518 g/mol. The number of fused-ring (bicyclic) bond motifs is 2. The number of nitrogens with zero attached hydrogens (tertiary/aromatic N) is 4. The highest BCUT2D eigenvalue weighted by atomic mass is 32.1. The molecule has 0 atom stereocenters. The summed E-state index contributed by atoms with van der Waals surface area (Å²) < 4.78 is 31.6. The summed E-state index contributed by atoms with van der Waals surface area (Å²) in [5, 5.41) is 9.04. The van der Waals surface area contributed by atoms with Crippen molar-refractivity contribution < 1.29 is 18.3 Å². The molecule has 7 nitrogen and oxygen atoms in total. The number of rotatable bonds is 8. The van der Waals surface area contributed by atoms with Crippen molar-refractivity contribution >= 4 is 28.1 Å². The van der Waals surface area contributed by atoms with Gasteiger partial charge in [0.05, 0.1) is 11.2 Å². The monoisotopic (exact) mass is 517 g/mol. The number of carbonyl (C=O) groups excluding carboxylic acids is 1. The number of nitrogens with one attached hydrogen (secondary N) is 1. The Morgan fingerprint density at radius 2 is 2.03 bits per heavy atom. The molecule has 10 heteroatoms. The molecule has 5 rings (SSSR count). The maximum atomic E-state index is 12.8. The van der Waals surface area contributed by atoms with Crippen molar-refractivity contribution in [2.75, 3.05) is 26.2 Å². The third-order valence-electron chi connectivity index (χ3n) is 7.33. The van der Waals surface area contributed by atoms with Crippen LogP contribution in [0.2, 0.25) is 0 Å². The Morgan fingerprint density at radius 1 is 1.22 bits per heavy atom. The Balaban J connectivity index is 1.03. The number of halogens is 2. The van der Waals surface area contributed by atoms with E-state index in [2.05, 4.69) is 20.3 Å². The molecule has 3 heterocycles. The molecule has 0 saturated heterocycles. The van der Waals surface area contributed by atoms with E-state index in [4.69, 9.17) is 4.74 Å². The molecular formula is C26H33F2N5O2S. The molecule has 3 aromatic rings. The predicted molar refractivity (Wildman–Crippen MR) is 136 cm³/mol. The summed E-state index contributed by atoms with van der Waals surface area (Å²) in [6, 6.07) is 5.92. The standard InChI is InChI=1S/C26H33F2N5O2S/c1-32-15-19-5-4-18(14-22(19)31-32)25(34)29-20-6-2-17(3-7-20)8-11-33-12-9-21-23(10-13-33)36-26(30-21)35-16-24(27)28/h4-5,14-15,17,20,24H,2-3,6-13,16H2,1H3,(H,29,34). The number of carbonyl (C=O) groups is 1. The van der Waals surface area contributed by atoms with Gasteiger partial charge in [0.15, 0.2) is 6.61 Å². The van der Waals surface area contributed by atoms with Crippen LogP contribution in [0.4, 0.5) is 8.78 Å². The zero-order valence-electron chi connectivity index (χ0n) is 20.6. The first-order valence-electron chi connectivity index (χ1n) is 12.8. The predicted octanol–water partition coefficient (Wildman–Crippen LogP) is 4.45. The summed E-state index contributed by atoms with van der Waals surface area (Å²) in [5.74, 6) is 0.673. The summed E-state index contributed by atoms with van der Waals surface area (Å²) >= 11 is 1.41. The smallest absolute Gasteiger partial charge is 0.273 e. The van der Waals surface area contributed by atoms with Gasteiger partial charge in [-0.2, -0.15) is 5.10 Å². The Labute approximate surface area is 213 Å². The molecule has 1 aliphatic carbocycles. The first-order valence-corrected chi connectivity index (χ1v) is 13.6. The van der Waals surface area contributed by atoms with Gasteiger partial charge in [0.2, 0.25) is 0 Å². The van der Waals surface area contributed by atoms with Gasteiger partial charge in [0.25, 0.3) is 17.5 Å². The van der Waals surface area contributed by atoms with Crippen molar-refractivity contribution in [1.82, 2.24) is 25.0 Å². The summed E-state index contributed by atoms with van der Waals surface area (Å²) in [5.41, 5.74) is 2.51. The van der Waals surface area contributed by atoms with Crippen LogP contribution < -0.4 is 10.1 Å². The number of amides is 1. The van der Waals surface area contributed by atoms with E-state index >= 15 is 0 Å². The van der Waals surface area contributed by atoms with Crippen molar-refractivity contribution in [3.8, 4) is 5.19 Å². The maximum Gasteiger partial charge on any atom is 0.273 e. The minimum atomic E-state index is -2.47. The van der Waals surface area contributed by atoms with Crippen LogP contribution in [-0.4, -0.2) is 64.3 Å². The van der Waals surface area contributed by atoms with Crippen molar-refractivity contribution in [2.24, 2.45) is 13.0 Å². The van der Waals surface area contributed by atoms with Gasteiger partial charge in [0.1, 0.15) is 0 Å². The highest BCUT2D eigenvalue weighted by Crippen LogP contribution is 2.30. The molecular weight excluding hydrogens is 484 g/mol. The first-order chi connectivity index (χ1) is 17.4. The van der Waals surface area contributed by atoms with E-state index < -0.39 is 13.0 Å². The van der Waals surface area contributed by atoms with E-state index in [1.165, 1.54) is 22.6 Å².